The van der Waals surface area contributed by atoms with Crippen molar-refractivity contribution >= 4 is 5.91 Å². The van der Waals surface area contributed by atoms with Crippen LogP contribution in [0.4, 0.5) is 0 Å². The van der Waals surface area contributed by atoms with Crippen LogP contribution in [0.15, 0.2) is 60.7 Å². The molecule has 0 unspecified atom stereocenters. The molecule has 0 saturated heterocycles. The van der Waals surface area contributed by atoms with Gasteiger partial charge in [0.15, 0.2) is 0 Å². The molecule has 3 nitrogen and oxygen atoms in total. The van der Waals surface area contributed by atoms with Gasteiger partial charge in [-0.2, -0.15) is 0 Å². The van der Waals surface area contributed by atoms with Gasteiger partial charge < -0.3 is 10.6 Å². The van der Waals surface area contributed by atoms with Crippen molar-refractivity contribution in [3.63, 3.8) is 0 Å². The predicted molar refractivity (Wildman–Crippen MR) is 81.3 cm³/mol. The molecule has 2 aromatic carbocycles. The maximum absolute atomic E-state index is 12.5. The zero-order valence-electron chi connectivity index (χ0n) is 11.5. The molecule has 0 heterocycles. The molecular formula is C17H20N2O. The van der Waals surface area contributed by atoms with Crippen molar-refractivity contribution in [1.82, 2.24) is 4.90 Å². The molecule has 0 spiro atoms. The Morgan fingerprint density at radius 2 is 1.55 bits per heavy atom. The lowest BCUT2D eigenvalue weighted by Gasteiger charge is -2.22. The van der Waals surface area contributed by atoms with Gasteiger partial charge in [0, 0.05) is 18.7 Å². The van der Waals surface area contributed by atoms with E-state index in [0.717, 1.165) is 17.5 Å². The Balaban J connectivity index is 2.13. The summed E-state index contributed by atoms with van der Waals surface area (Å²) >= 11 is 0. The van der Waals surface area contributed by atoms with E-state index < -0.39 is 0 Å². The quantitative estimate of drug-likeness (QED) is 0.875. The fraction of sp³-hybridized carbons (Fsp3) is 0.235. The van der Waals surface area contributed by atoms with Gasteiger partial charge in [-0.15, -0.1) is 0 Å². The number of hydrogen-bond acceptors (Lipinski definition) is 2. The normalized spacial score (nSPS) is 10.2. The Kier molecular flexibility index (Phi) is 5.33. The standard InChI is InChI=1S/C17H20N2O/c18-12-7-13-19(14-15-8-3-1-4-9-15)17(20)16-10-5-2-6-11-16/h1-6,8-11H,7,12-14,18H2. The maximum Gasteiger partial charge on any atom is 0.254 e. The lowest BCUT2D eigenvalue weighted by atomic mass is 10.1. The average Bonchev–Trinajstić information content (AvgIpc) is 2.52. The first-order valence-electron chi connectivity index (χ1n) is 6.89. The molecule has 0 aliphatic rings. The number of benzene rings is 2. The predicted octanol–water partition coefficient (Wildman–Crippen LogP) is 2.68. The van der Waals surface area contributed by atoms with Gasteiger partial charge in [-0.1, -0.05) is 48.5 Å². The van der Waals surface area contributed by atoms with Crippen LogP contribution in [0.1, 0.15) is 22.3 Å². The molecule has 2 rings (SSSR count). The molecule has 0 aliphatic heterocycles. The van der Waals surface area contributed by atoms with E-state index in [9.17, 15) is 4.79 Å². The summed E-state index contributed by atoms with van der Waals surface area (Å²) in [6, 6.07) is 19.4. The van der Waals surface area contributed by atoms with Crippen molar-refractivity contribution in [1.29, 1.82) is 0 Å². The summed E-state index contributed by atoms with van der Waals surface area (Å²) in [5, 5.41) is 0. The van der Waals surface area contributed by atoms with Crippen molar-refractivity contribution in [2.45, 2.75) is 13.0 Å². The van der Waals surface area contributed by atoms with E-state index in [2.05, 4.69) is 0 Å². The van der Waals surface area contributed by atoms with Crippen molar-refractivity contribution in [2.75, 3.05) is 13.1 Å². The molecular weight excluding hydrogens is 248 g/mol. The maximum atomic E-state index is 12.5. The van der Waals surface area contributed by atoms with Crippen LogP contribution in [0.5, 0.6) is 0 Å². The lowest BCUT2D eigenvalue weighted by molar-refractivity contribution is 0.0742. The summed E-state index contributed by atoms with van der Waals surface area (Å²) in [5.74, 6) is 0.0582. The van der Waals surface area contributed by atoms with Crippen LogP contribution < -0.4 is 5.73 Å². The SMILES string of the molecule is NCCCN(Cc1ccccc1)C(=O)c1ccccc1. The molecule has 0 aliphatic carbocycles. The van der Waals surface area contributed by atoms with Crippen LogP contribution in [-0.2, 0) is 6.54 Å². The fourth-order valence-corrected chi connectivity index (χ4v) is 2.10. The van der Waals surface area contributed by atoms with Crippen LogP contribution in [0.2, 0.25) is 0 Å². The van der Waals surface area contributed by atoms with Crippen molar-refractivity contribution in [3.05, 3.63) is 71.8 Å². The topological polar surface area (TPSA) is 46.3 Å². The Labute approximate surface area is 120 Å². The molecule has 2 N–H and O–H groups in total. The largest absolute Gasteiger partial charge is 0.334 e. The molecule has 0 saturated carbocycles. The van der Waals surface area contributed by atoms with Gasteiger partial charge in [-0.25, -0.2) is 0 Å². The smallest absolute Gasteiger partial charge is 0.254 e. The molecule has 20 heavy (non-hydrogen) atoms. The van der Waals surface area contributed by atoms with Crippen LogP contribution in [0.25, 0.3) is 0 Å². The molecule has 104 valence electrons. The summed E-state index contributed by atoms with van der Waals surface area (Å²) in [7, 11) is 0. The molecule has 0 bridgehead atoms. The third-order valence-corrected chi connectivity index (χ3v) is 3.16. The van der Waals surface area contributed by atoms with Gasteiger partial charge in [0.2, 0.25) is 0 Å². The van der Waals surface area contributed by atoms with Crippen molar-refractivity contribution < 1.29 is 4.79 Å². The summed E-state index contributed by atoms with van der Waals surface area (Å²) in [4.78, 5) is 14.4. The van der Waals surface area contributed by atoms with Gasteiger partial charge in [-0.3, -0.25) is 4.79 Å². The van der Waals surface area contributed by atoms with Crippen LogP contribution in [0.3, 0.4) is 0 Å². The van der Waals surface area contributed by atoms with E-state index in [0.29, 0.717) is 19.6 Å². The van der Waals surface area contributed by atoms with Gasteiger partial charge in [0.25, 0.3) is 5.91 Å². The summed E-state index contributed by atoms with van der Waals surface area (Å²) < 4.78 is 0. The van der Waals surface area contributed by atoms with E-state index in [4.69, 9.17) is 5.73 Å². The second-order valence-electron chi connectivity index (χ2n) is 4.72. The highest BCUT2D eigenvalue weighted by Gasteiger charge is 2.15. The monoisotopic (exact) mass is 268 g/mol. The van der Waals surface area contributed by atoms with E-state index in [1.165, 1.54) is 0 Å². The summed E-state index contributed by atoms with van der Waals surface area (Å²) in [6.07, 6.45) is 0.811. The van der Waals surface area contributed by atoms with Gasteiger partial charge in [-0.05, 0) is 30.7 Å². The molecule has 0 atom stereocenters. The van der Waals surface area contributed by atoms with E-state index >= 15 is 0 Å². The third kappa shape index (κ3) is 3.93. The number of hydrogen-bond donors (Lipinski definition) is 1. The minimum Gasteiger partial charge on any atom is -0.334 e. The van der Waals surface area contributed by atoms with Crippen LogP contribution in [-0.4, -0.2) is 23.9 Å². The summed E-state index contributed by atoms with van der Waals surface area (Å²) in [5.41, 5.74) is 7.43. The molecule has 2 aromatic rings. The zero-order valence-corrected chi connectivity index (χ0v) is 11.5. The number of carbonyl (C=O) groups is 1. The fourth-order valence-electron chi connectivity index (χ4n) is 2.10. The van der Waals surface area contributed by atoms with Gasteiger partial charge >= 0.3 is 0 Å². The first kappa shape index (κ1) is 14.3. The van der Waals surface area contributed by atoms with Crippen molar-refractivity contribution in [3.8, 4) is 0 Å². The molecule has 3 heteroatoms. The minimum absolute atomic E-state index is 0.0582. The first-order chi connectivity index (χ1) is 9.81. The van der Waals surface area contributed by atoms with Crippen LogP contribution >= 0.6 is 0 Å². The summed E-state index contributed by atoms with van der Waals surface area (Å²) in [6.45, 7) is 1.89. The minimum atomic E-state index is 0.0582. The highest BCUT2D eigenvalue weighted by molar-refractivity contribution is 5.94. The number of rotatable bonds is 6. The Morgan fingerprint density at radius 3 is 2.15 bits per heavy atom. The third-order valence-electron chi connectivity index (χ3n) is 3.16. The number of nitrogens with two attached hydrogens (primary N) is 1. The van der Waals surface area contributed by atoms with Crippen molar-refractivity contribution in [2.24, 2.45) is 5.73 Å². The second-order valence-corrected chi connectivity index (χ2v) is 4.72. The van der Waals surface area contributed by atoms with Gasteiger partial charge in [0.1, 0.15) is 0 Å². The Morgan fingerprint density at radius 1 is 0.950 bits per heavy atom. The molecule has 0 aromatic heterocycles. The van der Waals surface area contributed by atoms with Crippen LogP contribution in [0, 0.1) is 0 Å². The molecule has 0 fully saturated rings. The first-order valence-corrected chi connectivity index (χ1v) is 6.89. The Bertz CT molecular complexity index is 525. The van der Waals surface area contributed by atoms with E-state index in [-0.39, 0.29) is 5.91 Å². The zero-order chi connectivity index (χ0) is 14.2. The van der Waals surface area contributed by atoms with Gasteiger partial charge in [0.05, 0.1) is 0 Å². The lowest BCUT2D eigenvalue weighted by Crippen LogP contribution is -2.32. The highest BCUT2D eigenvalue weighted by atomic mass is 16.2. The highest BCUT2D eigenvalue weighted by Crippen LogP contribution is 2.10. The number of amides is 1. The number of nitrogens with zero attached hydrogens (tertiary/aromatic N) is 1. The molecule has 0 radical (unpaired) electrons. The average molecular weight is 268 g/mol. The second kappa shape index (κ2) is 7.46. The molecule has 1 amide bonds. The number of carbonyl (C=O) groups excluding carboxylic acids is 1. The Hall–Kier alpha value is -2.13. The van der Waals surface area contributed by atoms with E-state index in [1.807, 2.05) is 65.6 Å². The van der Waals surface area contributed by atoms with E-state index in [1.54, 1.807) is 0 Å².